The lowest BCUT2D eigenvalue weighted by Crippen LogP contribution is -1.85. The van der Waals surface area contributed by atoms with Gasteiger partial charge in [-0.1, -0.05) is 36.8 Å². The molecular formula is C12H15BrN2S. The van der Waals surface area contributed by atoms with Crippen LogP contribution >= 0.6 is 28.3 Å². The Labute approximate surface area is 110 Å². The van der Waals surface area contributed by atoms with Gasteiger partial charge in [0.15, 0.2) is 5.13 Å². The van der Waals surface area contributed by atoms with Crippen LogP contribution in [0.5, 0.6) is 0 Å². The van der Waals surface area contributed by atoms with E-state index in [9.17, 15) is 0 Å². The van der Waals surface area contributed by atoms with Crippen molar-refractivity contribution in [2.24, 2.45) is 0 Å². The van der Waals surface area contributed by atoms with Crippen LogP contribution in [0.4, 0.5) is 5.13 Å². The van der Waals surface area contributed by atoms with Crippen molar-refractivity contribution in [3.63, 3.8) is 0 Å². The molecule has 1 aromatic heterocycles. The van der Waals surface area contributed by atoms with Gasteiger partial charge >= 0.3 is 0 Å². The van der Waals surface area contributed by atoms with Crippen LogP contribution in [0.1, 0.15) is 17.4 Å². The molecule has 86 valence electrons. The molecule has 2 rings (SSSR count). The number of benzene rings is 1. The Kier molecular flexibility index (Phi) is 4.50. The van der Waals surface area contributed by atoms with Gasteiger partial charge in [-0.3, -0.25) is 0 Å². The maximum atomic E-state index is 5.73. The van der Waals surface area contributed by atoms with Gasteiger partial charge in [-0.25, -0.2) is 4.98 Å². The van der Waals surface area contributed by atoms with Gasteiger partial charge in [-0.2, -0.15) is 0 Å². The highest BCUT2D eigenvalue weighted by Crippen LogP contribution is 2.29. The summed E-state index contributed by atoms with van der Waals surface area (Å²) in [6.45, 7) is 4.21. The number of thiazole rings is 1. The molecule has 0 saturated carbocycles. The number of anilines is 1. The molecule has 2 aromatic rings. The summed E-state index contributed by atoms with van der Waals surface area (Å²) in [5, 5.41) is 0.655. The van der Waals surface area contributed by atoms with Crippen molar-refractivity contribution in [2.75, 3.05) is 5.73 Å². The molecule has 0 atom stereocenters. The fourth-order valence-corrected chi connectivity index (χ4v) is 2.34. The summed E-state index contributed by atoms with van der Waals surface area (Å²) in [4.78, 5) is 5.64. The lowest BCUT2D eigenvalue weighted by Gasteiger charge is -2.00. The summed E-state index contributed by atoms with van der Waals surface area (Å²) in [5.74, 6) is 0. The third kappa shape index (κ3) is 2.62. The van der Waals surface area contributed by atoms with E-state index in [1.54, 1.807) is 11.3 Å². The first kappa shape index (κ1) is 13.2. The molecule has 16 heavy (non-hydrogen) atoms. The average molecular weight is 299 g/mol. The second-order valence-corrected chi connectivity index (χ2v) is 4.66. The Morgan fingerprint density at radius 2 is 1.88 bits per heavy atom. The Hall–Kier alpha value is -0.870. The van der Waals surface area contributed by atoms with Crippen molar-refractivity contribution in [2.45, 2.75) is 20.3 Å². The van der Waals surface area contributed by atoms with Gasteiger partial charge in [0.05, 0.1) is 5.69 Å². The smallest absolute Gasteiger partial charge is 0.180 e. The van der Waals surface area contributed by atoms with E-state index >= 15 is 0 Å². The first-order valence-corrected chi connectivity index (χ1v) is 5.84. The lowest BCUT2D eigenvalue weighted by molar-refractivity contribution is 1.17. The fourth-order valence-electron chi connectivity index (χ4n) is 1.55. The van der Waals surface area contributed by atoms with Crippen LogP contribution < -0.4 is 5.73 Å². The Morgan fingerprint density at radius 1 is 1.25 bits per heavy atom. The molecule has 1 aromatic carbocycles. The molecule has 0 aliphatic carbocycles. The molecule has 2 N–H and O–H groups in total. The number of aromatic nitrogens is 1. The normalized spacial score (nSPS) is 9.88. The zero-order chi connectivity index (χ0) is 10.8. The summed E-state index contributed by atoms with van der Waals surface area (Å²) in [5.41, 5.74) is 9.19. The van der Waals surface area contributed by atoms with E-state index in [0.717, 1.165) is 17.7 Å². The highest BCUT2D eigenvalue weighted by Gasteiger charge is 2.09. The van der Waals surface area contributed by atoms with E-state index in [4.69, 9.17) is 5.73 Å². The molecule has 1 heterocycles. The maximum absolute atomic E-state index is 5.73. The van der Waals surface area contributed by atoms with Gasteiger partial charge in [0, 0.05) is 10.4 Å². The van der Waals surface area contributed by atoms with Crippen LogP contribution in [0, 0.1) is 6.92 Å². The fraction of sp³-hybridized carbons (Fsp3) is 0.250. The summed E-state index contributed by atoms with van der Waals surface area (Å²) in [7, 11) is 0. The van der Waals surface area contributed by atoms with Crippen LogP contribution in [-0.4, -0.2) is 4.98 Å². The summed E-state index contributed by atoms with van der Waals surface area (Å²) < 4.78 is 0. The molecular weight excluding hydrogens is 284 g/mol. The largest absolute Gasteiger partial charge is 0.375 e. The summed E-state index contributed by atoms with van der Waals surface area (Å²) in [6, 6.07) is 8.40. The van der Waals surface area contributed by atoms with E-state index in [2.05, 4.69) is 43.1 Å². The van der Waals surface area contributed by atoms with Gasteiger partial charge in [-0.15, -0.1) is 28.3 Å². The number of rotatable bonds is 2. The molecule has 4 heteroatoms. The molecule has 0 saturated heterocycles. The molecule has 0 bridgehead atoms. The van der Waals surface area contributed by atoms with Gasteiger partial charge in [0.2, 0.25) is 0 Å². The van der Waals surface area contributed by atoms with Crippen molar-refractivity contribution in [1.82, 2.24) is 4.98 Å². The highest BCUT2D eigenvalue weighted by atomic mass is 79.9. The first-order chi connectivity index (χ1) is 7.20. The first-order valence-electron chi connectivity index (χ1n) is 5.03. The minimum absolute atomic E-state index is 0. The van der Waals surface area contributed by atoms with Crippen LogP contribution in [-0.2, 0) is 6.42 Å². The number of nitrogens with zero attached hydrogens (tertiary/aromatic N) is 1. The number of aryl methyl sites for hydroxylation is 2. The van der Waals surface area contributed by atoms with E-state index in [1.807, 2.05) is 0 Å². The monoisotopic (exact) mass is 298 g/mol. The number of hydrogen-bond acceptors (Lipinski definition) is 3. The van der Waals surface area contributed by atoms with Crippen LogP contribution in [0.3, 0.4) is 0 Å². The third-order valence-corrected chi connectivity index (χ3v) is 3.39. The van der Waals surface area contributed by atoms with Crippen molar-refractivity contribution < 1.29 is 0 Å². The zero-order valence-corrected chi connectivity index (χ0v) is 11.9. The predicted octanol–water partition coefficient (Wildman–Crippen LogP) is 3.84. The minimum Gasteiger partial charge on any atom is -0.375 e. The average Bonchev–Trinajstić information content (AvgIpc) is 2.61. The second-order valence-electron chi connectivity index (χ2n) is 3.54. The third-order valence-electron chi connectivity index (χ3n) is 2.36. The van der Waals surface area contributed by atoms with Crippen LogP contribution in [0.25, 0.3) is 11.3 Å². The molecule has 0 unspecified atom stereocenters. The zero-order valence-electron chi connectivity index (χ0n) is 9.36. The topological polar surface area (TPSA) is 38.9 Å². The van der Waals surface area contributed by atoms with Crippen molar-refractivity contribution in [1.29, 1.82) is 0 Å². The van der Waals surface area contributed by atoms with Gasteiger partial charge in [0.25, 0.3) is 0 Å². The lowest BCUT2D eigenvalue weighted by atomic mass is 10.1. The summed E-state index contributed by atoms with van der Waals surface area (Å²) >= 11 is 1.58. The maximum Gasteiger partial charge on any atom is 0.180 e. The molecule has 2 nitrogen and oxygen atoms in total. The Balaban J connectivity index is 0.00000128. The SMILES string of the molecule is Br.CCc1sc(N)nc1-c1ccc(C)cc1. The number of nitrogens with two attached hydrogens (primary N) is 1. The second kappa shape index (κ2) is 5.46. The Bertz CT molecular complexity index is 462. The highest BCUT2D eigenvalue weighted by molar-refractivity contribution is 8.93. The van der Waals surface area contributed by atoms with Crippen molar-refractivity contribution >= 4 is 33.4 Å². The van der Waals surface area contributed by atoms with Gasteiger partial charge in [-0.05, 0) is 13.3 Å². The van der Waals surface area contributed by atoms with Gasteiger partial charge < -0.3 is 5.73 Å². The standard InChI is InChI=1S/C12H14N2S.BrH/c1-3-10-11(14-12(13)15-10)9-6-4-8(2)5-7-9;/h4-7H,3H2,1-2H3,(H2,13,14);1H. The quantitative estimate of drug-likeness (QED) is 0.915. The van der Waals surface area contributed by atoms with E-state index in [1.165, 1.54) is 10.4 Å². The van der Waals surface area contributed by atoms with E-state index in [-0.39, 0.29) is 17.0 Å². The minimum atomic E-state index is 0. The Morgan fingerprint density at radius 3 is 2.44 bits per heavy atom. The molecule has 0 amide bonds. The molecule has 0 aliphatic rings. The number of halogens is 1. The van der Waals surface area contributed by atoms with Crippen LogP contribution in [0.15, 0.2) is 24.3 Å². The van der Waals surface area contributed by atoms with Crippen LogP contribution in [0.2, 0.25) is 0 Å². The van der Waals surface area contributed by atoms with Gasteiger partial charge in [0.1, 0.15) is 0 Å². The van der Waals surface area contributed by atoms with E-state index in [0.29, 0.717) is 5.13 Å². The van der Waals surface area contributed by atoms with E-state index < -0.39 is 0 Å². The molecule has 0 fully saturated rings. The number of hydrogen-bond donors (Lipinski definition) is 1. The molecule has 0 spiro atoms. The molecule has 0 aliphatic heterocycles. The molecule has 0 radical (unpaired) electrons. The van der Waals surface area contributed by atoms with Crippen molar-refractivity contribution in [3.05, 3.63) is 34.7 Å². The summed E-state index contributed by atoms with van der Waals surface area (Å²) in [6.07, 6.45) is 0.984. The van der Waals surface area contributed by atoms with Crippen molar-refractivity contribution in [3.8, 4) is 11.3 Å². The predicted molar refractivity (Wildman–Crippen MR) is 76.4 cm³/mol. The number of nitrogen functional groups attached to an aromatic ring is 1.